The third kappa shape index (κ3) is 8.65. The van der Waals surface area contributed by atoms with Gasteiger partial charge in [0.15, 0.2) is 11.5 Å². The molecule has 0 aliphatic carbocycles. The minimum Gasteiger partial charge on any atom is -0.493 e. The predicted molar refractivity (Wildman–Crippen MR) is 174 cm³/mol. The Bertz CT molecular complexity index is 1450. The molecule has 1 aliphatic heterocycles. The topological polar surface area (TPSA) is 123 Å². The molecule has 0 spiro atoms. The molecule has 4 rings (SSSR count). The van der Waals surface area contributed by atoms with Crippen LogP contribution >= 0.6 is 0 Å². The van der Waals surface area contributed by atoms with Gasteiger partial charge in [-0.15, -0.1) is 0 Å². The van der Waals surface area contributed by atoms with Crippen molar-refractivity contribution in [3.05, 3.63) is 89.5 Å². The van der Waals surface area contributed by atoms with Crippen molar-refractivity contribution in [1.82, 2.24) is 15.5 Å². The highest BCUT2D eigenvalue weighted by Gasteiger charge is 2.44. The van der Waals surface area contributed by atoms with Crippen LogP contribution in [0.3, 0.4) is 0 Å². The van der Waals surface area contributed by atoms with Crippen LogP contribution in [0.25, 0.3) is 0 Å². The normalized spacial score (nSPS) is 15.8. The maximum absolute atomic E-state index is 13.8. The Morgan fingerprint density at radius 3 is 1.76 bits per heavy atom. The first-order valence-corrected chi connectivity index (χ1v) is 15.7. The molecule has 3 amide bonds. The van der Waals surface area contributed by atoms with E-state index in [1.54, 1.807) is 0 Å². The van der Waals surface area contributed by atoms with Crippen molar-refractivity contribution in [2.75, 3.05) is 41.0 Å². The average Bonchev–Trinajstić information content (AvgIpc) is 3.10. The van der Waals surface area contributed by atoms with Gasteiger partial charge < -0.3 is 29.7 Å². The second-order valence-electron chi connectivity index (χ2n) is 11.2. The van der Waals surface area contributed by atoms with E-state index >= 15 is 0 Å². The van der Waals surface area contributed by atoms with E-state index in [1.165, 1.54) is 43.9 Å². The van der Waals surface area contributed by atoms with Gasteiger partial charge in [-0.05, 0) is 61.8 Å². The molecular weight excluding hydrogens is 586 g/mol. The zero-order chi connectivity index (χ0) is 32.9. The Morgan fingerprint density at radius 2 is 1.26 bits per heavy atom. The summed E-state index contributed by atoms with van der Waals surface area (Å²) >= 11 is 0. The number of piperidine rings is 1. The van der Waals surface area contributed by atoms with Gasteiger partial charge in [-0.1, -0.05) is 60.7 Å². The molecule has 2 N–H and O–H groups in total. The number of likely N-dealkylation sites (tertiary alicyclic amines) is 1. The number of carbonyl (C=O) groups excluding carboxylic acids is 4. The van der Waals surface area contributed by atoms with Crippen molar-refractivity contribution in [2.45, 2.75) is 44.6 Å². The number of amides is 3. The van der Waals surface area contributed by atoms with Gasteiger partial charge in [-0.25, -0.2) is 0 Å². The first-order chi connectivity index (χ1) is 22.4. The van der Waals surface area contributed by atoms with E-state index in [-0.39, 0.29) is 35.3 Å². The molecule has 0 bridgehead atoms. The van der Waals surface area contributed by atoms with Crippen molar-refractivity contribution in [1.29, 1.82) is 0 Å². The lowest BCUT2D eigenvalue weighted by molar-refractivity contribution is -0.146. The number of nitrogens with zero attached hydrogens (tertiary/aromatic N) is 1. The van der Waals surface area contributed by atoms with E-state index in [2.05, 4.69) is 10.6 Å². The molecule has 46 heavy (non-hydrogen) atoms. The Balaban J connectivity index is 1.51. The number of aryl methyl sites for hydroxylation is 2. The first-order valence-electron chi connectivity index (χ1n) is 15.7. The fourth-order valence-corrected chi connectivity index (χ4v) is 5.82. The van der Waals surface area contributed by atoms with Crippen molar-refractivity contribution >= 4 is 23.5 Å². The second-order valence-corrected chi connectivity index (χ2v) is 11.2. The highest BCUT2D eigenvalue weighted by atomic mass is 16.5. The monoisotopic (exact) mass is 629 g/mol. The summed E-state index contributed by atoms with van der Waals surface area (Å²) in [4.78, 5) is 55.9. The van der Waals surface area contributed by atoms with Crippen molar-refractivity contribution in [2.24, 2.45) is 5.92 Å². The summed E-state index contributed by atoms with van der Waals surface area (Å²) in [6, 6.07) is 21.6. The lowest BCUT2D eigenvalue weighted by Gasteiger charge is -2.39. The Morgan fingerprint density at radius 1 is 0.739 bits per heavy atom. The van der Waals surface area contributed by atoms with Crippen LogP contribution < -0.4 is 24.8 Å². The number of benzene rings is 3. The molecule has 1 aliphatic rings. The van der Waals surface area contributed by atoms with E-state index in [4.69, 9.17) is 14.2 Å². The Labute approximate surface area is 270 Å². The van der Waals surface area contributed by atoms with Gasteiger partial charge in [0.25, 0.3) is 11.7 Å². The summed E-state index contributed by atoms with van der Waals surface area (Å²) in [5.41, 5.74) is 2.34. The smallest absolute Gasteiger partial charge is 0.295 e. The molecule has 244 valence electrons. The van der Waals surface area contributed by atoms with Gasteiger partial charge >= 0.3 is 0 Å². The summed E-state index contributed by atoms with van der Waals surface area (Å²) in [6.07, 6.45) is 3.84. The molecular formula is C36H43N3O7. The summed E-state index contributed by atoms with van der Waals surface area (Å²) in [5.74, 6) is -2.57. The SMILES string of the molecule is COc1cc(C(=O)C(=O)N2CCCC(C(=O)NCCCc3ccccc3)C2C(=O)NCCCc2ccccc2)cc(OC)c1OC. The van der Waals surface area contributed by atoms with Crippen LogP contribution in [0.2, 0.25) is 0 Å². The van der Waals surface area contributed by atoms with Crippen LogP contribution in [-0.4, -0.2) is 75.4 Å². The molecule has 2 unspecified atom stereocenters. The lowest BCUT2D eigenvalue weighted by Crippen LogP contribution is -2.60. The first kappa shape index (κ1) is 34.0. The van der Waals surface area contributed by atoms with Crippen molar-refractivity contribution < 1.29 is 33.4 Å². The third-order valence-corrected chi connectivity index (χ3v) is 8.19. The summed E-state index contributed by atoms with van der Waals surface area (Å²) < 4.78 is 16.1. The molecule has 10 heteroatoms. The number of carbonyl (C=O) groups is 4. The number of ketones is 1. The van der Waals surface area contributed by atoms with Gasteiger partial charge in [0.05, 0.1) is 27.2 Å². The fourth-order valence-electron chi connectivity index (χ4n) is 5.82. The van der Waals surface area contributed by atoms with Gasteiger partial charge in [-0.2, -0.15) is 0 Å². The van der Waals surface area contributed by atoms with Crippen molar-refractivity contribution in [3.63, 3.8) is 0 Å². The molecule has 0 aromatic heterocycles. The number of methoxy groups -OCH3 is 3. The number of Topliss-reactive ketones (excluding diaryl/α,β-unsaturated/α-hetero) is 1. The number of hydrogen-bond donors (Lipinski definition) is 2. The molecule has 3 aromatic rings. The molecule has 2 atom stereocenters. The summed E-state index contributed by atoms with van der Waals surface area (Å²) in [6.45, 7) is 0.946. The minimum absolute atomic E-state index is 0.0222. The van der Waals surface area contributed by atoms with Gasteiger partial charge in [0.2, 0.25) is 17.6 Å². The van der Waals surface area contributed by atoms with E-state index in [0.717, 1.165) is 24.8 Å². The van der Waals surface area contributed by atoms with E-state index < -0.39 is 29.6 Å². The molecule has 0 saturated carbocycles. The molecule has 10 nitrogen and oxygen atoms in total. The maximum Gasteiger partial charge on any atom is 0.295 e. The Hall–Kier alpha value is -4.86. The maximum atomic E-state index is 13.8. The van der Waals surface area contributed by atoms with Crippen LogP contribution in [-0.2, 0) is 27.2 Å². The second kappa shape index (κ2) is 17.0. The van der Waals surface area contributed by atoms with Gasteiger partial charge in [0, 0.05) is 25.2 Å². The number of hydrogen-bond acceptors (Lipinski definition) is 7. The quantitative estimate of drug-likeness (QED) is 0.148. The van der Waals surface area contributed by atoms with E-state index in [0.29, 0.717) is 32.4 Å². The van der Waals surface area contributed by atoms with Gasteiger partial charge in [0.1, 0.15) is 6.04 Å². The van der Waals surface area contributed by atoms with Crippen LogP contribution in [0.15, 0.2) is 72.8 Å². The zero-order valence-corrected chi connectivity index (χ0v) is 26.8. The fraction of sp³-hybridized carbons (Fsp3) is 0.389. The van der Waals surface area contributed by atoms with E-state index in [1.807, 2.05) is 60.7 Å². The molecule has 1 heterocycles. The van der Waals surface area contributed by atoms with Gasteiger partial charge in [-0.3, -0.25) is 19.2 Å². The third-order valence-electron chi connectivity index (χ3n) is 8.19. The predicted octanol–water partition coefficient (Wildman–Crippen LogP) is 4.00. The number of rotatable bonds is 15. The highest BCUT2D eigenvalue weighted by molar-refractivity contribution is 6.43. The Kier molecular flexibility index (Phi) is 12.6. The van der Waals surface area contributed by atoms with Crippen molar-refractivity contribution in [3.8, 4) is 17.2 Å². The number of ether oxygens (including phenoxy) is 3. The molecule has 3 aromatic carbocycles. The molecule has 0 radical (unpaired) electrons. The molecule has 1 fully saturated rings. The van der Waals surface area contributed by atoms with Crippen LogP contribution in [0.5, 0.6) is 17.2 Å². The zero-order valence-electron chi connectivity index (χ0n) is 26.8. The molecule has 1 saturated heterocycles. The van der Waals surface area contributed by atoms with Crippen LogP contribution in [0, 0.1) is 5.92 Å². The summed E-state index contributed by atoms with van der Waals surface area (Å²) in [5, 5.41) is 5.90. The highest BCUT2D eigenvalue weighted by Crippen LogP contribution is 2.38. The summed E-state index contributed by atoms with van der Waals surface area (Å²) in [7, 11) is 4.27. The number of nitrogens with one attached hydrogen (secondary N) is 2. The minimum atomic E-state index is -1.14. The largest absolute Gasteiger partial charge is 0.493 e. The van der Waals surface area contributed by atoms with Crippen LogP contribution in [0.4, 0.5) is 0 Å². The van der Waals surface area contributed by atoms with Crippen LogP contribution in [0.1, 0.15) is 47.2 Å². The lowest BCUT2D eigenvalue weighted by atomic mass is 9.86. The van der Waals surface area contributed by atoms with E-state index in [9.17, 15) is 19.2 Å². The standard InChI is InChI=1S/C36H43N3O7/c1-44-29-23-27(24-30(45-2)33(29)46-3)32(40)36(43)39-22-12-19-28(34(41)37-20-10-17-25-13-6-4-7-14-25)31(39)35(42)38-21-11-18-26-15-8-5-9-16-26/h4-9,13-16,23-24,28,31H,10-12,17-22H2,1-3H3,(H,37,41)(H,38,42). The average molecular weight is 630 g/mol.